The molecule has 0 saturated carbocycles. The molecular formula is C28H18F6I4O2. The lowest BCUT2D eigenvalue weighted by Gasteiger charge is -2.26. The lowest BCUT2D eigenvalue weighted by molar-refractivity contribution is -0.303. The minimum absolute atomic E-state index is 0.0810. The molecular weight excluding hydrogens is 990 g/mol. The van der Waals surface area contributed by atoms with Gasteiger partial charge in [-0.3, -0.25) is 0 Å². The smallest absolute Gasteiger partial charge is 0.406 e. The van der Waals surface area contributed by atoms with Crippen LogP contribution in [0.2, 0.25) is 0 Å². The van der Waals surface area contributed by atoms with Crippen LogP contribution in [-0.2, 0) is 11.2 Å². The predicted molar refractivity (Wildman–Crippen MR) is 175 cm³/mol. The Labute approximate surface area is 281 Å². The summed E-state index contributed by atoms with van der Waals surface area (Å²) in [6, 6.07) is 14.1. The first-order chi connectivity index (χ1) is 18.6. The Morgan fingerprint density at radius 2 is 1.23 bits per heavy atom. The average molecular weight is 1010 g/mol. The zero-order valence-corrected chi connectivity index (χ0v) is 28.9. The molecule has 0 radical (unpaired) electrons. The van der Waals surface area contributed by atoms with E-state index in [1.807, 2.05) is 6.92 Å². The molecule has 0 bridgehead atoms. The minimum Gasteiger partial charge on any atom is -0.406 e. The van der Waals surface area contributed by atoms with Crippen LogP contribution in [0.15, 0.2) is 72.5 Å². The van der Waals surface area contributed by atoms with Gasteiger partial charge in [-0.2, -0.15) is 0 Å². The number of ether oxygens (including phenoxy) is 2. The van der Waals surface area contributed by atoms with Crippen molar-refractivity contribution in [2.24, 2.45) is 5.92 Å². The van der Waals surface area contributed by atoms with E-state index in [0.29, 0.717) is 6.42 Å². The minimum atomic E-state index is -4.74. The highest BCUT2D eigenvalue weighted by molar-refractivity contribution is 14.1. The summed E-state index contributed by atoms with van der Waals surface area (Å²) in [5, 5.41) is 0. The Hall–Kier alpha value is -0.760. The monoisotopic (exact) mass is 1010 g/mol. The summed E-state index contributed by atoms with van der Waals surface area (Å²) in [6.07, 6.45) is -4.16. The van der Waals surface area contributed by atoms with Crippen LogP contribution in [0.5, 0.6) is 5.75 Å². The number of alkyl halides is 6. The number of benzene rings is 3. The maximum absolute atomic E-state index is 12.6. The van der Waals surface area contributed by atoms with Crippen molar-refractivity contribution in [1.29, 1.82) is 0 Å². The van der Waals surface area contributed by atoms with Crippen LogP contribution >= 0.6 is 90.4 Å². The van der Waals surface area contributed by atoms with Crippen molar-refractivity contribution in [1.82, 2.24) is 0 Å². The summed E-state index contributed by atoms with van der Waals surface area (Å²) in [5.41, 5.74) is 4.96. The van der Waals surface area contributed by atoms with Gasteiger partial charge in [0.25, 0.3) is 0 Å². The third kappa shape index (κ3) is 8.41. The molecule has 0 aliphatic heterocycles. The van der Waals surface area contributed by atoms with Gasteiger partial charge in [0.1, 0.15) is 11.5 Å². The highest BCUT2D eigenvalue weighted by Crippen LogP contribution is 2.39. The molecule has 0 saturated heterocycles. The molecule has 0 spiro atoms. The molecule has 12 heteroatoms. The van der Waals surface area contributed by atoms with Crippen LogP contribution in [0.4, 0.5) is 26.3 Å². The molecule has 2 unspecified atom stereocenters. The molecule has 3 aromatic carbocycles. The maximum atomic E-state index is 12.6. The van der Waals surface area contributed by atoms with Gasteiger partial charge in [-0.25, -0.2) is 0 Å². The van der Waals surface area contributed by atoms with Crippen molar-refractivity contribution in [2.75, 3.05) is 0 Å². The summed E-state index contributed by atoms with van der Waals surface area (Å²) >= 11 is 9.02. The van der Waals surface area contributed by atoms with Gasteiger partial charge in [-0.1, -0.05) is 25.1 Å². The fourth-order valence-electron chi connectivity index (χ4n) is 4.47. The summed E-state index contributed by atoms with van der Waals surface area (Å²) in [6.45, 7) is 1.87. The van der Waals surface area contributed by atoms with E-state index in [0.717, 1.165) is 42.1 Å². The standard InChI is InChI=1S/C28H18F6I4O2/c1-14-8-19(40-28(32,33)34)6-7-20(14)26-23(37)12-16(13-24(26)38)9-15-10-21(35)25(22(36)11-15)17-2-4-18(5-3-17)39-27(29,30)31/h2-8,10-14,20H,9H2,1H3. The number of halogens is 10. The fourth-order valence-corrected chi connectivity index (χ4v) is 9.61. The van der Waals surface area contributed by atoms with Crippen LogP contribution < -0.4 is 4.74 Å². The van der Waals surface area contributed by atoms with Gasteiger partial charge in [-0.05, 0) is 174 Å². The molecule has 2 nitrogen and oxygen atoms in total. The van der Waals surface area contributed by atoms with Gasteiger partial charge in [0.05, 0.1) is 0 Å². The molecule has 1 aliphatic rings. The maximum Gasteiger partial charge on any atom is 0.573 e. The number of hydrogen-bond acceptors (Lipinski definition) is 2. The SMILES string of the molecule is CC1C=C(OC(F)(F)F)C=CC1c1c(I)cc(Cc2cc(I)c(-c3ccc(OC(F)(F)F)cc3)c(I)c2)cc1I. The first-order valence-corrected chi connectivity index (χ1v) is 15.9. The Morgan fingerprint density at radius 1 is 0.725 bits per heavy atom. The van der Waals surface area contributed by atoms with Gasteiger partial charge in [0.2, 0.25) is 0 Å². The molecule has 0 N–H and O–H groups in total. The second-order valence-corrected chi connectivity index (χ2v) is 13.7. The first kappa shape index (κ1) is 32.2. The van der Waals surface area contributed by atoms with Crippen molar-refractivity contribution in [3.63, 3.8) is 0 Å². The van der Waals surface area contributed by atoms with Crippen LogP contribution in [0.25, 0.3) is 11.1 Å². The summed E-state index contributed by atoms with van der Waals surface area (Å²) in [5.74, 6) is -0.728. The van der Waals surface area contributed by atoms with E-state index in [1.54, 1.807) is 18.2 Å². The fraction of sp³-hybridized carbons (Fsp3) is 0.214. The highest BCUT2D eigenvalue weighted by atomic mass is 127. The predicted octanol–water partition coefficient (Wildman–Crippen LogP) is 11.0. The van der Waals surface area contributed by atoms with Crippen LogP contribution in [-0.4, -0.2) is 12.7 Å². The highest BCUT2D eigenvalue weighted by Gasteiger charge is 2.33. The van der Waals surface area contributed by atoms with E-state index in [4.69, 9.17) is 0 Å². The third-order valence-electron chi connectivity index (χ3n) is 6.05. The van der Waals surface area contributed by atoms with Gasteiger partial charge in [0.15, 0.2) is 0 Å². The van der Waals surface area contributed by atoms with E-state index in [2.05, 4.69) is 124 Å². The van der Waals surface area contributed by atoms with Crippen molar-refractivity contribution in [3.8, 4) is 16.9 Å². The van der Waals surface area contributed by atoms with Crippen molar-refractivity contribution < 1.29 is 35.8 Å². The number of allylic oxidation sites excluding steroid dienone is 3. The summed E-state index contributed by atoms with van der Waals surface area (Å²) < 4.78 is 87.4. The van der Waals surface area contributed by atoms with Gasteiger partial charge in [-0.15, -0.1) is 26.3 Å². The molecule has 0 heterocycles. The van der Waals surface area contributed by atoms with E-state index in [1.165, 1.54) is 24.3 Å². The lowest BCUT2D eigenvalue weighted by Crippen LogP contribution is -2.17. The summed E-state index contributed by atoms with van der Waals surface area (Å²) in [7, 11) is 0. The Balaban J connectivity index is 1.53. The van der Waals surface area contributed by atoms with Crippen LogP contribution in [0.1, 0.15) is 29.5 Å². The van der Waals surface area contributed by atoms with Crippen molar-refractivity contribution in [2.45, 2.75) is 32.0 Å². The average Bonchev–Trinajstić information content (AvgIpc) is 2.78. The third-order valence-corrected chi connectivity index (χ3v) is 9.54. The number of hydrogen-bond donors (Lipinski definition) is 0. The van der Waals surface area contributed by atoms with E-state index >= 15 is 0 Å². The lowest BCUT2D eigenvalue weighted by atomic mass is 9.83. The topological polar surface area (TPSA) is 18.5 Å². The van der Waals surface area contributed by atoms with Crippen LogP contribution in [0.3, 0.4) is 0 Å². The van der Waals surface area contributed by atoms with Gasteiger partial charge in [0, 0.05) is 25.8 Å². The number of rotatable bonds is 6. The zero-order chi connectivity index (χ0) is 29.4. The molecule has 2 atom stereocenters. The molecule has 0 amide bonds. The second-order valence-electron chi connectivity index (χ2n) is 9.02. The molecule has 0 aromatic heterocycles. The van der Waals surface area contributed by atoms with E-state index in [9.17, 15) is 26.3 Å². The van der Waals surface area contributed by atoms with E-state index in [-0.39, 0.29) is 23.3 Å². The van der Waals surface area contributed by atoms with Gasteiger partial charge >= 0.3 is 12.7 Å². The second kappa shape index (κ2) is 12.9. The normalized spacial score (nSPS) is 17.5. The Bertz CT molecular complexity index is 1420. The largest absolute Gasteiger partial charge is 0.573 e. The zero-order valence-electron chi connectivity index (χ0n) is 20.3. The molecule has 0 fully saturated rings. The van der Waals surface area contributed by atoms with Crippen molar-refractivity contribution >= 4 is 90.4 Å². The van der Waals surface area contributed by atoms with E-state index < -0.39 is 12.7 Å². The molecule has 40 heavy (non-hydrogen) atoms. The molecule has 4 rings (SSSR count). The molecule has 1 aliphatic carbocycles. The van der Waals surface area contributed by atoms with Gasteiger partial charge < -0.3 is 9.47 Å². The Morgan fingerprint density at radius 3 is 1.70 bits per heavy atom. The molecule has 212 valence electrons. The van der Waals surface area contributed by atoms with Crippen LogP contribution in [0, 0.1) is 20.2 Å². The summed E-state index contributed by atoms with van der Waals surface area (Å²) in [4.78, 5) is 0. The van der Waals surface area contributed by atoms with Crippen molar-refractivity contribution in [3.05, 3.63) is 103 Å². The molecule has 3 aromatic rings. The Kier molecular flexibility index (Phi) is 10.3. The first-order valence-electron chi connectivity index (χ1n) is 11.6. The quantitative estimate of drug-likeness (QED) is 0.181.